The van der Waals surface area contributed by atoms with Crippen LogP contribution in [0.3, 0.4) is 0 Å². The smallest absolute Gasteiger partial charge is 0.297 e. The van der Waals surface area contributed by atoms with E-state index in [4.69, 9.17) is 4.74 Å². The molecule has 0 aromatic carbocycles. The molecule has 0 aromatic rings. The van der Waals surface area contributed by atoms with Crippen molar-refractivity contribution in [3.8, 4) is 142 Å². The number of aliphatic hydroxyl groups excluding tert-OH is 6. The lowest BCUT2D eigenvalue weighted by Crippen LogP contribution is -2.58. The molecule has 0 aliphatic carbocycles. The van der Waals surface area contributed by atoms with E-state index in [1.54, 1.807) is 6.92 Å². The first-order chi connectivity index (χ1) is 29.3. The van der Waals surface area contributed by atoms with E-state index < -0.39 is 61.3 Å². The number of unbranched alkanes of at least 4 members (excludes halogenated alkanes) is 11. The monoisotopic (exact) mass is 854 g/mol. The predicted molar refractivity (Wildman–Crippen MR) is 282 cm³/mol. The second kappa shape index (κ2) is 35.8. The summed E-state index contributed by atoms with van der Waals surface area (Å²) in [6.45, 7) is 3.27. The maximum absolute atomic E-state index is 12.7. The summed E-state index contributed by atoms with van der Waals surface area (Å²) in [5.41, 5.74) is 0. The Morgan fingerprint density at radius 2 is 1.00 bits per heavy atom. The highest BCUT2D eigenvalue weighted by atomic mass is 16.5. The van der Waals surface area contributed by atoms with Crippen LogP contribution in [0.2, 0.25) is 0 Å². The van der Waals surface area contributed by atoms with Crippen molar-refractivity contribution in [2.75, 3.05) is 6.61 Å². The Morgan fingerprint density at radius 1 is 0.600 bits per heavy atom. The summed E-state index contributed by atoms with van der Waals surface area (Å²) < 4.78 is 5.50. The van der Waals surface area contributed by atoms with Gasteiger partial charge in [0.05, 0.1) is 18.8 Å². The van der Waals surface area contributed by atoms with Crippen LogP contribution in [0.25, 0.3) is 0 Å². The molecule has 0 aromatic heterocycles. The van der Waals surface area contributed by atoms with Gasteiger partial charge in [-0.15, -0.1) is 0 Å². The van der Waals surface area contributed by atoms with Crippen molar-refractivity contribution < 1.29 is 74.4 Å². The van der Waals surface area contributed by atoms with E-state index in [1.165, 1.54) is 63.5 Å². The minimum absolute atomic E-state index is 0. The first kappa shape index (κ1) is 51.7. The molecule has 7 N–H and O–H groups in total. The maximum Gasteiger partial charge on any atom is 0.297 e. The summed E-state index contributed by atoms with van der Waals surface area (Å²) in [6, 6.07) is -1.19. The van der Waals surface area contributed by atoms with Crippen molar-refractivity contribution >= 4 is 5.91 Å². The number of hydrogen-bond acceptors (Lipinski definition) is 8. The van der Waals surface area contributed by atoms with Gasteiger partial charge in [0.25, 0.3) is 5.91 Å². The molecule has 1 fully saturated rings. The minimum atomic E-state index is -1.62. The van der Waals surface area contributed by atoms with Crippen molar-refractivity contribution in [3.63, 3.8) is 0 Å². The third-order valence-corrected chi connectivity index (χ3v) is 8.46. The lowest BCUT2D eigenvalue weighted by atomic mass is 9.93. The maximum atomic E-state index is 12.7. The van der Waals surface area contributed by atoms with E-state index in [0.717, 1.165) is 19.3 Å². The van der Waals surface area contributed by atoms with Gasteiger partial charge < -0.3 is 40.7 Å². The van der Waals surface area contributed by atoms with Crippen LogP contribution in [0.15, 0.2) is 12.2 Å². The molecule has 1 saturated heterocycles. The van der Waals surface area contributed by atoms with E-state index in [-0.39, 0.29) is 40.7 Å². The molecule has 9 heteroatoms. The molecule has 1 aliphatic rings. The molecule has 1 amide bonds. The van der Waals surface area contributed by atoms with Crippen LogP contribution < -0.4 is 5.32 Å². The van der Waals surface area contributed by atoms with Gasteiger partial charge in [0.2, 0.25) is 0 Å². The second-order valence-corrected chi connectivity index (χ2v) is 13.0. The summed E-state index contributed by atoms with van der Waals surface area (Å²) in [5, 5.41) is 64.6. The Balaban J connectivity index is -0.0000000682. The number of ether oxygens (including phenoxy) is 1. The number of amides is 1. The number of carbonyl (C=O) groups excluding carboxylic acids is 1. The first-order valence-electron chi connectivity index (χ1n) is 19.8. The molecule has 0 saturated carbocycles. The van der Waals surface area contributed by atoms with E-state index in [0.29, 0.717) is 6.42 Å². The highest BCUT2D eigenvalue weighted by Gasteiger charge is 2.42. The van der Waals surface area contributed by atoms with Crippen molar-refractivity contribution in [1.82, 2.24) is 5.32 Å². The molecule has 0 spiro atoms. The van der Waals surface area contributed by atoms with Gasteiger partial charge in [-0.05, 0) is 108 Å². The number of hydrogen-bond donors (Lipinski definition) is 7. The Hall–Kier alpha value is -6.35. The average molecular weight is 854 g/mol. The van der Waals surface area contributed by atoms with Crippen LogP contribution in [-0.4, -0.2) is 91.9 Å². The number of carbonyl (C=O) groups is 1. The highest BCUT2D eigenvalue weighted by Crippen LogP contribution is 2.22. The largest absolute Gasteiger partial charge is 0.394 e. The van der Waals surface area contributed by atoms with Gasteiger partial charge in [-0.2, -0.15) is 0 Å². The number of nitrogens with one attached hydrogen (secondary N) is 1. The highest BCUT2D eigenvalue weighted by molar-refractivity contribution is 5.94. The van der Waals surface area contributed by atoms with E-state index in [1.807, 2.05) is 0 Å². The molecule has 0 radical (unpaired) electrons. The summed E-state index contributed by atoms with van der Waals surface area (Å²) in [6.07, 6.45) is 6.87. The van der Waals surface area contributed by atoms with Crippen LogP contribution in [0.1, 0.15) is 132 Å². The van der Waals surface area contributed by atoms with E-state index in [9.17, 15) is 35.4 Å². The lowest BCUT2D eigenvalue weighted by molar-refractivity contribution is -0.216. The predicted octanol–water partition coefficient (Wildman–Crippen LogP) is 7.65. The Bertz CT molecular complexity index is 2260. The van der Waals surface area contributed by atoms with Crippen LogP contribution in [0, 0.1) is 142 Å². The van der Waals surface area contributed by atoms with Crippen molar-refractivity contribution in [3.05, 3.63) is 12.2 Å². The third kappa shape index (κ3) is 25.8. The molecule has 356 valence electrons. The quantitative estimate of drug-likeness (QED) is 0.0397. The molecule has 8 atom stereocenters. The van der Waals surface area contributed by atoms with E-state index in [2.05, 4.69) is 154 Å². The molecule has 9 nitrogen and oxygen atoms in total. The lowest BCUT2D eigenvalue weighted by Gasteiger charge is -2.39. The molecular weight excluding hydrogens is 755 g/mol. The van der Waals surface area contributed by atoms with E-state index >= 15 is 0 Å². The average Bonchev–Trinajstić information content (AvgIpc) is 3.25. The van der Waals surface area contributed by atoms with Crippen LogP contribution in [-0.2, 0) is 9.53 Å². The number of aliphatic hydroxyl groups is 6. The van der Waals surface area contributed by atoms with Gasteiger partial charge in [0.15, 0.2) is 0 Å². The summed E-state index contributed by atoms with van der Waals surface area (Å²) in [5.74, 6) is 58.6. The van der Waals surface area contributed by atoms with Gasteiger partial charge in [-0.3, -0.25) is 4.79 Å². The fourth-order valence-electron chi connectivity index (χ4n) is 5.33. The summed E-state index contributed by atoms with van der Waals surface area (Å²) in [4.78, 5) is 12.7. The Kier molecular flexibility index (Phi) is 30.8. The van der Waals surface area contributed by atoms with Crippen LogP contribution in [0.5, 0.6) is 0 Å². The zero-order chi connectivity index (χ0) is 43.9. The molecule has 2 unspecified atom stereocenters. The van der Waals surface area contributed by atoms with Crippen molar-refractivity contribution in [2.45, 2.75) is 146 Å². The fraction of sp³-hybridized carbons (Fsp3) is 0.471. The zero-order valence-corrected chi connectivity index (χ0v) is 34.2. The van der Waals surface area contributed by atoms with Crippen LogP contribution in [0.4, 0.5) is 0 Å². The van der Waals surface area contributed by atoms with Crippen molar-refractivity contribution in [2.24, 2.45) is 0 Å². The minimum Gasteiger partial charge on any atom is -0.394 e. The molecule has 0 bridgehead atoms. The second-order valence-electron chi connectivity index (χ2n) is 13.0. The SMILES string of the molecule is CC#CC#CC#CC#CC#CC#CC#CC#CC#CC#CC#CC#CC(=O)N[C@@H](/C=C/[C@H]1OC(CO)[C@H](O)[C@H](O)C1O)[C@H](O)[C@H](O)CCCCCCCCCCCCCC.[HH].[HH].[HH].[HH].[HH].[HH].[HH].[HH].[HH].[HH].[HH].[HH].[HH].[HH].[HH].[HH].[HH].[HH].[HH].[HH].[HH].[HH].[HH].[HH]. The van der Waals surface area contributed by atoms with Gasteiger partial charge in [-0.25, -0.2) is 0 Å². The molecule has 1 rings (SSSR count). The van der Waals surface area contributed by atoms with Crippen molar-refractivity contribution in [1.29, 1.82) is 0 Å². The van der Waals surface area contributed by atoms with Gasteiger partial charge in [-0.1, -0.05) is 102 Å². The Labute approximate surface area is 393 Å². The Morgan fingerprint density at radius 3 is 1.42 bits per heavy atom. The fourth-order valence-corrected chi connectivity index (χ4v) is 5.33. The molecular formula is C51H99NO8. The topological polar surface area (TPSA) is 160 Å². The van der Waals surface area contributed by atoms with Gasteiger partial charge in [0, 0.05) is 75.7 Å². The zero-order valence-electron chi connectivity index (χ0n) is 34.2. The van der Waals surface area contributed by atoms with Gasteiger partial charge >= 0.3 is 0 Å². The molecule has 1 aliphatic heterocycles. The number of rotatable bonds is 19. The first-order valence-corrected chi connectivity index (χ1v) is 19.8. The summed E-state index contributed by atoms with van der Waals surface area (Å²) in [7, 11) is 0. The summed E-state index contributed by atoms with van der Waals surface area (Å²) >= 11 is 0. The standard InChI is InChI=1S/C51H51NO8.24H2/c1-3-5-7-9-11-13-15-17-18-19-20-21-22-23-24-25-26-27-29-31-33-35-37-39-47(55)52-43(40-41-45-49(57)51(59)50(58)46(42-53)60-45)48(56)44(54)38-36-34-32-30-28-16-14-12-10-8-6-4-2;;;;;;;;;;;;;;;;;;;;;;;;/h40-41,43-46,48-51,53-54,56-59H,4,6,8,10,12,14,16,28,30,32,34,36,38,42H2,1-2H3,(H,52,55);24*1H/b41-40+;;;;;;;;;;;;;;;;;;;;;;;;/t43-,44+,45+,46?,48-,49?,50-,51+;;;;;;;;;;;;;;;;;;;;;;;;/m0......................../s1. The third-order valence-electron chi connectivity index (χ3n) is 8.46. The normalized spacial score (nSPS) is 17.9. The molecule has 1 heterocycles. The molecule has 60 heavy (non-hydrogen) atoms. The van der Waals surface area contributed by atoms with Gasteiger partial charge in [0.1, 0.15) is 36.6 Å². The van der Waals surface area contributed by atoms with Crippen LogP contribution >= 0.6 is 0 Å².